The molecule has 0 aliphatic carbocycles. The van der Waals surface area contributed by atoms with Crippen molar-refractivity contribution in [3.05, 3.63) is 29.8 Å². The van der Waals surface area contributed by atoms with Gasteiger partial charge in [0.1, 0.15) is 0 Å². The summed E-state index contributed by atoms with van der Waals surface area (Å²) in [6.07, 6.45) is 0. The van der Waals surface area contributed by atoms with E-state index >= 15 is 0 Å². The summed E-state index contributed by atoms with van der Waals surface area (Å²) in [5.41, 5.74) is 7.63. The van der Waals surface area contributed by atoms with E-state index in [2.05, 4.69) is 17.4 Å². The summed E-state index contributed by atoms with van der Waals surface area (Å²) in [5, 5.41) is 2.92. The minimum atomic E-state index is -0.149. The summed E-state index contributed by atoms with van der Waals surface area (Å²) >= 11 is 3.93. The summed E-state index contributed by atoms with van der Waals surface area (Å²) in [7, 11) is 0. The molecule has 1 fully saturated rings. The first kappa shape index (κ1) is 13.8. The molecule has 1 aliphatic heterocycles. The number of rotatable bonds is 4. The van der Waals surface area contributed by atoms with Crippen molar-refractivity contribution in [1.82, 2.24) is 0 Å². The van der Waals surface area contributed by atoms with Crippen molar-refractivity contribution < 1.29 is 4.79 Å². The SMILES string of the molecule is CC(CN)C(=O)Nc1cccc(C2SCCS2)c1. The summed E-state index contributed by atoms with van der Waals surface area (Å²) in [4.78, 5) is 11.8. The third-order valence-electron chi connectivity index (χ3n) is 2.85. The summed E-state index contributed by atoms with van der Waals surface area (Å²) < 4.78 is 0.508. The van der Waals surface area contributed by atoms with Crippen molar-refractivity contribution in [1.29, 1.82) is 0 Å². The average Bonchev–Trinajstić information content (AvgIpc) is 2.92. The Labute approximate surface area is 116 Å². The lowest BCUT2D eigenvalue weighted by Crippen LogP contribution is -2.26. The number of hydrogen-bond acceptors (Lipinski definition) is 4. The lowest BCUT2D eigenvalue weighted by Gasteiger charge is -2.13. The van der Waals surface area contributed by atoms with Gasteiger partial charge in [-0.3, -0.25) is 4.79 Å². The minimum Gasteiger partial charge on any atom is -0.330 e. The average molecular weight is 282 g/mol. The van der Waals surface area contributed by atoms with E-state index in [1.54, 1.807) is 0 Å². The molecular formula is C13H18N2OS2. The van der Waals surface area contributed by atoms with Gasteiger partial charge in [-0.2, -0.15) is 0 Å². The highest BCUT2D eigenvalue weighted by molar-refractivity contribution is 8.19. The van der Waals surface area contributed by atoms with Crippen LogP contribution in [-0.4, -0.2) is 24.0 Å². The number of benzene rings is 1. The highest BCUT2D eigenvalue weighted by Gasteiger charge is 2.18. The Morgan fingerprint density at radius 3 is 2.89 bits per heavy atom. The molecule has 98 valence electrons. The topological polar surface area (TPSA) is 55.1 Å². The normalized spacial score (nSPS) is 17.7. The number of anilines is 1. The highest BCUT2D eigenvalue weighted by Crippen LogP contribution is 2.45. The monoisotopic (exact) mass is 282 g/mol. The van der Waals surface area contributed by atoms with Gasteiger partial charge in [0.05, 0.1) is 4.58 Å². The second-order valence-corrected chi connectivity index (χ2v) is 7.05. The number of carbonyl (C=O) groups excluding carboxylic acids is 1. The number of thioether (sulfide) groups is 2. The first-order chi connectivity index (χ1) is 8.70. The van der Waals surface area contributed by atoms with E-state index < -0.39 is 0 Å². The molecule has 1 amide bonds. The largest absolute Gasteiger partial charge is 0.330 e. The van der Waals surface area contributed by atoms with Crippen LogP contribution in [0.3, 0.4) is 0 Å². The van der Waals surface area contributed by atoms with Gasteiger partial charge in [0.2, 0.25) is 5.91 Å². The van der Waals surface area contributed by atoms with Crippen molar-refractivity contribution in [3.8, 4) is 0 Å². The van der Waals surface area contributed by atoms with Crippen LogP contribution in [0.1, 0.15) is 17.1 Å². The lowest BCUT2D eigenvalue weighted by atomic mass is 10.1. The maximum atomic E-state index is 11.8. The zero-order chi connectivity index (χ0) is 13.0. The van der Waals surface area contributed by atoms with Crippen LogP contribution in [-0.2, 0) is 4.79 Å². The fourth-order valence-electron chi connectivity index (χ4n) is 1.69. The Morgan fingerprint density at radius 2 is 2.22 bits per heavy atom. The lowest BCUT2D eigenvalue weighted by molar-refractivity contribution is -0.119. The molecule has 0 radical (unpaired) electrons. The van der Waals surface area contributed by atoms with E-state index in [1.165, 1.54) is 17.1 Å². The van der Waals surface area contributed by atoms with Gasteiger partial charge in [-0.05, 0) is 17.7 Å². The van der Waals surface area contributed by atoms with Gasteiger partial charge in [-0.1, -0.05) is 19.1 Å². The second-order valence-electron chi connectivity index (χ2n) is 4.32. The van der Waals surface area contributed by atoms with Crippen LogP contribution >= 0.6 is 23.5 Å². The molecule has 1 aliphatic rings. The number of nitrogens with one attached hydrogen (secondary N) is 1. The molecule has 1 heterocycles. The molecule has 0 aromatic heterocycles. The number of carbonyl (C=O) groups is 1. The zero-order valence-electron chi connectivity index (χ0n) is 10.4. The van der Waals surface area contributed by atoms with E-state index in [9.17, 15) is 4.79 Å². The Kier molecular flexibility index (Phi) is 4.97. The molecule has 3 N–H and O–H groups in total. The number of hydrogen-bond donors (Lipinski definition) is 2. The van der Waals surface area contributed by atoms with Crippen LogP contribution in [0.2, 0.25) is 0 Å². The van der Waals surface area contributed by atoms with E-state index in [1.807, 2.05) is 42.6 Å². The minimum absolute atomic E-state index is 0.0126. The summed E-state index contributed by atoms with van der Waals surface area (Å²) in [6, 6.07) is 8.11. The van der Waals surface area contributed by atoms with E-state index in [0.717, 1.165) is 5.69 Å². The zero-order valence-corrected chi connectivity index (χ0v) is 12.0. The van der Waals surface area contributed by atoms with Crippen molar-refractivity contribution in [2.75, 3.05) is 23.4 Å². The fraction of sp³-hybridized carbons (Fsp3) is 0.462. The number of nitrogens with two attached hydrogens (primary N) is 1. The van der Waals surface area contributed by atoms with Crippen LogP contribution in [0.5, 0.6) is 0 Å². The maximum absolute atomic E-state index is 11.8. The molecule has 5 heteroatoms. The standard InChI is InChI=1S/C13H18N2OS2/c1-9(8-14)12(16)15-11-4-2-3-10(7-11)13-17-5-6-18-13/h2-4,7,9,13H,5-6,8,14H2,1H3,(H,15,16). The molecule has 1 aromatic rings. The Balaban J connectivity index is 2.05. The summed E-state index contributed by atoms with van der Waals surface area (Å²) in [6.45, 7) is 2.21. The molecule has 1 saturated heterocycles. The van der Waals surface area contributed by atoms with E-state index in [0.29, 0.717) is 11.1 Å². The highest BCUT2D eigenvalue weighted by atomic mass is 32.2. The van der Waals surface area contributed by atoms with Gasteiger partial charge in [0.25, 0.3) is 0 Å². The van der Waals surface area contributed by atoms with Gasteiger partial charge < -0.3 is 11.1 Å². The van der Waals surface area contributed by atoms with Crippen LogP contribution in [0.25, 0.3) is 0 Å². The smallest absolute Gasteiger partial charge is 0.228 e. The summed E-state index contributed by atoms with van der Waals surface area (Å²) in [5.74, 6) is 2.25. The van der Waals surface area contributed by atoms with Crippen molar-refractivity contribution in [3.63, 3.8) is 0 Å². The fourth-order valence-corrected chi connectivity index (χ4v) is 4.52. The molecule has 1 unspecified atom stereocenters. The molecule has 1 atom stereocenters. The quantitative estimate of drug-likeness (QED) is 0.891. The molecule has 0 spiro atoms. The molecule has 0 saturated carbocycles. The Bertz CT molecular complexity index is 419. The molecular weight excluding hydrogens is 264 g/mol. The predicted octanol–water partition coefficient (Wildman–Crippen LogP) is 2.70. The van der Waals surface area contributed by atoms with Gasteiger partial charge in [-0.15, -0.1) is 23.5 Å². The van der Waals surface area contributed by atoms with Gasteiger partial charge in [0, 0.05) is 29.7 Å². The molecule has 3 nitrogen and oxygen atoms in total. The Hall–Kier alpha value is -0.650. The van der Waals surface area contributed by atoms with Crippen molar-refractivity contribution in [2.24, 2.45) is 11.7 Å². The van der Waals surface area contributed by atoms with Gasteiger partial charge in [0.15, 0.2) is 0 Å². The third kappa shape index (κ3) is 3.43. The van der Waals surface area contributed by atoms with Gasteiger partial charge in [-0.25, -0.2) is 0 Å². The molecule has 18 heavy (non-hydrogen) atoms. The van der Waals surface area contributed by atoms with E-state index in [4.69, 9.17) is 5.73 Å². The van der Waals surface area contributed by atoms with E-state index in [-0.39, 0.29) is 11.8 Å². The number of amides is 1. The first-order valence-electron chi connectivity index (χ1n) is 6.05. The van der Waals surface area contributed by atoms with Crippen LogP contribution in [0.4, 0.5) is 5.69 Å². The second kappa shape index (κ2) is 6.50. The molecule has 0 bridgehead atoms. The predicted molar refractivity (Wildman–Crippen MR) is 80.9 cm³/mol. The van der Waals surface area contributed by atoms with Crippen LogP contribution in [0.15, 0.2) is 24.3 Å². The van der Waals surface area contributed by atoms with Crippen molar-refractivity contribution in [2.45, 2.75) is 11.5 Å². The van der Waals surface area contributed by atoms with Crippen LogP contribution in [0, 0.1) is 5.92 Å². The van der Waals surface area contributed by atoms with Crippen LogP contribution < -0.4 is 11.1 Å². The maximum Gasteiger partial charge on any atom is 0.228 e. The molecule has 1 aromatic carbocycles. The Morgan fingerprint density at radius 1 is 1.50 bits per heavy atom. The first-order valence-corrected chi connectivity index (χ1v) is 8.14. The molecule has 2 rings (SSSR count). The van der Waals surface area contributed by atoms with Gasteiger partial charge >= 0.3 is 0 Å². The third-order valence-corrected chi connectivity index (χ3v) is 5.95. The van der Waals surface area contributed by atoms with Crippen molar-refractivity contribution >= 4 is 35.1 Å².